The Balaban J connectivity index is 3.15. The monoisotopic (exact) mass is 670 g/mol. The van der Waals surface area contributed by atoms with Crippen LogP contribution in [0, 0.1) is 0 Å². The molecule has 0 unspecified atom stereocenters. The quantitative estimate of drug-likeness (QED) is 0.0544. The van der Waals surface area contributed by atoms with Crippen molar-refractivity contribution in [2.75, 3.05) is 132 Å². The topological polar surface area (TPSA) is 119 Å². The Morgan fingerprint density at radius 2 is 0.756 bits per heavy atom. The van der Waals surface area contributed by atoms with Crippen LogP contribution >= 0.6 is 0 Å². The molecule has 0 bridgehead atoms. The van der Waals surface area contributed by atoms with Crippen molar-refractivity contribution in [1.29, 1.82) is 0 Å². The summed E-state index contributed by atoms with van der Waals surface area (Å²) in [6.07, 6.45) is 3.50. The highest BCUT2D eigenvalue weighted by Crippen LogP contribution is 2.36. The van der Waals surface area contributed by atoms with E-state index in [1.165, 1.54) is 0 Å². The van der Waals surface area contributed by atoms with Crippen molar-refractivity contribution in [3.63, 3.8) is 0 Å². The Kier molecular flexibility index (Phi) is 31.4. The minimum atomic E-state index is -1.70. The van der Waals surface area contributed by atoms with Gasteiger partial charge in [0.05, 0.1) is 126 Å². The highest BCUT2D eigenvalue weighted by Gasteiger charge is 2.36. The molecule has 12 nitrogen and oxygen atoms in total. The van der Waals surface area contributed by atoms with E-state index in [0.717, 1.165) is 19.3 Å². The number of rotatable bonds is 35. The fourth-order valence-electron chi connectivity index (χ4n) is 3.24. The van der Waals surface area contributed by atoms with Crippen LogP contribution in [0.5, 0.6) is 0 Å². The standard InChI is InChI=1S/C32H66O12Si/c1-7-8-9-10-31(33)43-29-27-41-25-23-39-21-19-37-17-15-35-13-11-34-12-14-36-16-18-38-20-22-40-24-26-42-28-30-44-45(5,6)32(2,3)4/h7-30H2,1-6H3. The summed E-state index contributed by atoms with van der Waals surface area (Å²) >= 11 is 0. The lowest BCUT2D eigenvalue weighted by Gasteiger charge is -2.36. The molecule has 0 amide bonds. The van der Waals surface area contributed by atoms with Gasteiger partial charge in [0.15, 0.2) is 8.32 Å². The third-order valence-electron chi connectivity index (χ3n) is 6.95. The summed E-state index contributed by atoms with van der Waals surface area (Å²) in [6, 6.07) is 0. The number of esters is 1. The molecule has 0 aliphatic carbocycles. The molecule has 0 fully saturated rings. The summed E-state index contributed by atoms with van der Waals surface area (Å²) < 4.78 is 60.5. The van der Waals surface area contributed by atoms with Crippen LogP contribution in [-0.4, -0.2) is 146 Å². The SMILES string of the molecule is CCCCCC(=O)OCCOCCOCCOCCOCCOCCOCCOCCOCCOCCO[Si](C)(C)C(C)(C)C. The minimum Gasteiger partial charge on any atom is -0.463 e. The number of ether oxygens (including phenoxy) is 10. The van der Waals surface area contributed by atoms with Gasteiger partial charge in [-0.05, 0) is 24.6 Å². The normalized spacial score (nSPS) is 12.2. The van der Waals surface area contributed by atoms with E-state index in [1.807, 2.05) is 0 Å². The van der Waals surface area contributed by atoms with Gasteiger partial charge in [-0.1, -0.05) is 40.5 Å². The van der Waals surface area contributed by atoms with E-state index in [1.54, 1.807) is 0 Å². The molecule has 0 heterocycles. The molecule has 0 saturated carbocycles. The molecule has 0 aromatic heterocycles. The minimum absolute atomic E-state index is 0.157. The molecule has 0 aliphatic heterocycles. The molecule has 13 heteroatoms. The first-order chi connectivity index (χ1) is 21.7. The number of unbranched alkanes of at least 4 members (excludes halogenated alkanes) is 2. The summed E-state index contributed by atoms with van der Waals surface area (Å²) in [5, 5.41) is 0.216. The predicted molar refractivity (Wildman–Crippen MR) is 176 cm³/mol. The van der Waals surface area contributed by atoms with Crippen LogP contribution < -0.4 is 0 Å². The largest absolute Gasteiger partial charge is 0.463 e. The van der Waals surface area contributed by atoms with E-state index < -0.39 is 8.32 Å². The van der Waals surface area contributed by atoms with Crippen LogP contribution in [0.15, 0.2) is 0 Å². The Bertz CT molecular complexity index is 634. The lowest BCUT2D eigenvalue weighted by atomic mass is 10.2. The molecule has 270 valence electrons. The van der Waals surface area contributed by atoms with Gasteiger partial charge in [0.2, 0.25) is 0 Å². The summed E-state index contributed by atoms with van der Waals surface area (Å²) in [5.41, 5.74) is 0. The Labute approximate surface area is 274 Å². The first kappa shape index (κ1) is 44.3. The molecule has 0 spiro atoms. The molecule has 0 N–H and O–H groups in total. The van der Waals surface area contributed by atoms with Gasteiger partial charge >= 0.3 is 5.97 Å². The first-order valence-electron chi connectivity index (χ1n) is 16.7. The van der Waals surface area contributed by atoms with Crippen LogP contribution in [0.1, 0.15) is 53.4 Å². The third-order valence-corrected chi connectivity index (χ3v) is 11.5. The van der Waals surface area contributed by atoms with Crippen molar-refractivity contribution in [1.82, 2.24) is 0 Å². The smallest absolute Gasteiger partial charge is 0.305 e. The lowest BCUT2D eigenvalue weighted by molar-refractivity contribution is -0.145. The molecule has 0 saturated heterocycles. The maximum atomic E-state index is 11.5. The van der Waals surface area contributed by atoms with Crippen LogP contribution in [0.25, 0.3) is 0 Å². The zero-order chi connectivity index (χ0) is 33.3. The van der Waals surface area contributed by atoms with Gasteiger partial charge in [-0.25, -0.2) is 0 Å². The fraction of sp³-hybridized carbons (Fsp3) is 0.969. The predicted octanol–water partition coefficient (Wildman–Crippen LogP) is 4.28. The van der Waals surface area contributed by atoms with Crippen LogP contribution in [0.3, 0.4) is 0 Å². The van der Waals surface area contributed by atoms with Crippen molar-refractivity contribution in [2.45, 2.75) is 71.5 Å². The van der Waals surface area contributed by atoms with E-state index in [0.29, 0.717) is 132 Å². The molecule has 0 atom stereocenters. The number of hydrogen-bond acceptors (Lipinski definition) is 12. The Morgan fingerprint density at radius 1 is 0.467 bits per heavy atom. The second kappa shape index (κ2) is 31.9. The zero-order valence-electron chi connectivity index (χ0n) is 29.4. The molecule has 0 radical (unpaired) electrons. The highest BCUT2D eigenvalue weighted by atomic mass is 28.4. The molecule has 0 aromatic carbocycles. The van der Waals surface area contributed by atoms with Crippen molar-refractivity contribution >= 4 is 14.3 Å². The van der Waals surface area contributed by atoms with Gasteiger partial charge in [-0.15, -0.1) is 0 Å². The average Bonchev–Trinajstić information content (AvgIpc) is 2.99. The van der Waals surface area contributed by atoms with E-state index in [-0.39, 0.29) is 17.6 Å². The summed E-state index contributed by atoms with van der Waals surface area (Å²) in [7, 11) is -1.70. The molecular formula is C32H66O12Si. The van der Waals surface area contributed by atoms with Crippen LogP contribution in [0.2, 0.25) is 18.1 Å². The third kappa shape index (κ3) is 31.6. The molecule has 0 rings (SSSR count). The van der Waals surface area contributed by atoms with E-state index in [4.69, 9.17) is 51.8 Å². The Hall–Kier alpha value is -0.713. The number of hydrogen-bond donors (Lipinski definition) is 0. The highest BCUT2D eigenvalue weighted by molar-refractivity contribution is 6.74. The summed E-state index contributed by atoms with van der Waals surface area (Å²) in [6.45, 7) is 23.3. The summed E-state index contributed by atoms with van der Waals surface area (Å²) in [5.74, 6) is -0.157. The molecule has 0 aliphatic rings. The Morgan fingerprint density at radius 3 is 1.04 bits per heavy atom. The molecule has 0 aromatic rings. The van der Waals surface area contributed by atoms with E-state index >= 15 is 0 Å². The van der Waals surface area contributed by atoms with Crippen molar-refractivity contribution in [3.05, 3.63) is 0 Å². The lowest BCUT2D eigenvalue weighted by Crippen LogP contribution is -2.41. The fourth-order valence-corrected chi connectivity index (χ4v) is 4.27. The van der Waals surface area contributed by atoms with Crippen molar-refractivity contribution in [3.8, 4) is 0 Å². The van der Waals surface area contributed by atoms with Gasteiger partial charge in [-0.3, -0.25) is 4.79 Å². The van der Waals surface area contributed by atoms with Gasteiger partial charge in [0, 0.05) is 6.42 Å². The van der Waals surface area contributed by atoms with Gasteiger partial charge in [0.1, 0.15) is 6.61 Å². The maximum absolute atomic E-state index is 11.5. The zero-order valence-corrected chi connectivity index (χ0v) is 30.4. The number of carbonyl (C=O) groups is 1. The van der Waals surface area contributed by atoms with Crippen LogP contribution in [-0.2, 0) is 56.6 Å². The first-order valence-corrected chi connectivity index (χ1v) is 19.6. The van der Waals surface area contributed by atoms with Crippen LogP contribution in [0.4, 0.5) is 0 Å². The van der Waals surface area contributed by atoms with E-state index in [9.17, 15) is 4.79 Å². The molecule has 45 heavy (non-hydrogen) atoms. The average molecular weight is 671 g/mol. The second-order valence-electron chi connectivity index (χ2n) is 11.8. The molecular weight excluding hydrogens is 604 g/mol. The van der Waals surface area contributed by atoms with Gasteiger partial charge in [0.25, 0.3) is 0 Å². The van der Waals surface area contributed by atoms with E-state index in [2.05, 4.69) is 40.8 Å². The van der Waals surface area contributed by atoms with Gasteiger partial charge < -0.3 is 51.8 Å². The summed E-state index contributed by atoms with van der Waals surface area (Å²) in [4.78, 5) is 11.5. The maximum Gasteiger partial charge on any atom is 0.305 e. The van der Waals surface area contributed by atoms with Crippen molar-refractivity contribution < 1.29 is 56.6 Å². The van der Waals surface area contributed by atoms with Crippen molar-refractivity contribution in [2.24, 2.45) is 0 Å². The second-order valence-corrected chi connectivity index (χ2v) is 16.6. The van der Waals surface area contributed by atoms with Gasteiger partial charge in [-0.2, -0.15) is 0 Å². The number of carbonyl (C=O) groups excluding carboxylic acids is 1.